The minimum absolute atomic E-state index is 0.0138. The highest BCUT2D eigenvalue weighted by atomic mass is 32.2. The number of phenolic OH excluding ortho intramolecular Hbond substituents is 1. The number of anilines is 1. The molecule has 7 nitrogen and oxygen atoms in total. The highest BCUT2D eigenvalue weighted by molar-refractivity contribution is 7.98. The Labute approximate surface area is 182 Å². The molecule has 0 spiro atoms. The SMILES string of the molecule is CSc1cccc(N2CC(C(=O)OCc3cc(=O)oc4c(C)c(O)ccc34)CC2=O)c1. The van der Waals surface area contributed by atoms with Crippen LogP contribution in [0.4, 0.5) is 5.69 Å². The van der Waals surface area contributed by atoms with Crippen LogP contribution in [0.1, 0.15) is 17.5 Å². The third-order valence-corrected chi connectivity index (χ3v) is 6.14. The lowest BCUT2D eigenvalue weighted by molar-refractivity contribution is -0.149. The fourth-order valence-electron chi connectivity index (χ4n) is 3.70. The van der Waals surface area contributed by atoms with Gasteiger partial charge < -0.3 is 19.2 Å². The Hall–Kier alpha value is -3.26. The number of aromatic hydroxyl groups is 1. The largest absolute Gasteiger partial charge is 0.508 e. The lowest BCUT2D eigenvalue weighted by atomic mass is 10.1. The number of hydrogen-bond acceptors (Lipinski definition) is 7. The first-order chi connectivity index (χ1) is 14.9. The number of carbonyl (C=O) groups excluding carboxylic acids is 2. The summed E-state index contributed by atoms with van der Waals surface area (Å²) >= 11 is 1.58. The van der Waals surface area contributed by atoms with Gasteiger partial charge in [0.1, 0.15) is 17.9 Å². The van der Waals surface area contributed by atoms with Crippen molar-refractivity contribution in [2.24, 2.45) is 5.92 Å². The van der Waals surface area contributed by atoms with E-state index in [0.29, 0.717) is 16.5 Å². The highest BCUT2D eigenvalue weighted by Gasteiger charge is 2.36. The molecule has 1 fully saturated rings. The van der Waals surface area contributed by atoms with Crippen LogP contribution in [0.5, 0.6) is 5.75 Å². The number of ether oxygens (including phenoxy) is 1. The molecule has 160 valence electrons. The smallest absolute Gasteiger partial charge is 0.336 e. The van der Waals surface area contributed by atoms with Crippen LogP contribution in [0.15, 0.2) is 56.6 Å². The Bertz CT molecular complexity index is 1230. The van der Waals surface area contributed by atoms with Crippen LogP contribution in [-0.2, 0) is 20.9 Å². The minimum atomic E-state index is -0.594. The minimum Gasteiger partial charge on any atom is -0.508 e. The van der Waals surface area contributed by atoms with Gasteiger partial charge in [0.15, 0.2) is 0 Å². The molecule has 1 atom stereocenters. The Morgan fingerprint density at radius 2 is 2.06 bits per heavy atom. The summed E-state index contributed by atoms with van der Waals surface area (Å²) in [4.78, 5) is 39.7. The van der Waals surface area contributed by atoms with Gasteiger partial charge in [-0.3, -0.25) is 9.59 Å². The number of hydrogen-bond donors (Lipinski definition) is 1. The fraction of sp³-hybridized carbons (Fsp3) is 0.261. The number of fused-ring (bicyclic) bond motifs is 1. The van der Waals surface area contributed by atoms with E-state index in [0.717, 1.165) is 10.6 Å². The topological polar surface area (TPSA) is 97.1 Å². The number of esters is 1. The molecule has 31 heavy (non-hydrogen) atoms. The van der Waals surface area contributed by atoms with Crippen molar-refractivity contribution in [3.05, 3.63) is 64.0 Å². The number of nitrogens with zero attached hydrogens (tertiary/aromatic N) is 1. The number of carbonyl (C=O) groups is 2. The molecule has 2 aromatic carbocycles. The average molecular weight is 439 g/mol. The van der Waals surface area contributed by atoms with Gasteiger partial charge in [-0.25, -0.2) is 4.79 Å². The highest BCUT2D eigenvalue weighted by Crippen LogP contribution is 2.30. The fourth-order valence-corrected chi connectivity index (χ4v) is 4.15. The summed E-state index contributed by atoms with van der Waals surface area (Å²) in [5.41, 5.74) is 1.34. The van der Waals surface area contributed by atoms with Gasteiger partial charge in [0.05, 0.1) is 5.92 Å². The summed E-state index contributed by atoms with van der Waals surface area (Å²) in [6.07, 6.45) is 2.04. The zero-order valence-corrected chi connectivity index (χ0v) is 17.9. The molecule has 2 heterocycles. The first-order valence-electron chi connectivity index (χ1n) is 9.73. The van der Waals surface area contributed by atoms with E-state index in [1.807, 2.05) is 30.5 Å². The number of phenols is 1. The summed E-state index contributed by atoms with van der Waals surface area (Å²) in [5, 5.41) is 10.4. The molecule has 8 heteroatoms. The second-order valence-corrected chi connectivity index (χ2v) is 8.27. The number of benzene rings is 2. The average Bonchev–Trinajstić information content (AvgIpc) is 3.16. The van der Waals surface area contributed by atoms with Gasteiger partial charge in [0.25, 0.3) is 0 Å². The molecule has 1 unspecified atom stereocenters. The maximum absolute atomic E-state index is 12.7. The molecular weight excluding hydrogens is 418 g/mol. The molecule has 0 aliphatic carbocycles. The van der Waals surface area contributed by atoms with Gasteiger partial charge in [-0.2, -0.15) is 0 Å². The van der Waals surface area contributed by atoms with Gasteiger partial charge in [-0.1, -0.05) is 6.07 Å². The standard InChI is InChI=1S/C23H21NO6S/c1-13-19(25)7-6-18-15(9-21(27)30-22(13)18)12-29-23(28)14-8-20(26)24(11-14)16-4-3-5-17(10-16)31-2/h3-7,9-10,14,25H,8,11-12H2,1-2H3. The van der Waals surface area contributed by atoms with Crippen LogP contribution in [0.25, 0.3) is 11.0 Å². The molecule has 3 aromatic rings. The van der Waals surface area contributed by atoms with Gasteiger partial charge in [-0.05, 0) is 43.5 Å². The second kappa shape index (κ2) is 8.47. The molecule has 4 rings (SSSR count). The molecule has 0 saturated carbocycles. The van der Waals surface area contributed by atoms with Gasteiger partial charge in [0.2, 0.25) is 5.91 Å². The van der Waals surface area contributed by atoms with Crippen LogP contribution >= 0.6 is 11.8 Å². The predicted octanol–water partition coefficient (Wildman–Crippen LogP) is 3.63. The summed E-state index contributed by atoms with van der Waals surface area (Å²) in [7, 11) is 0. The molecule has 1 aromatic heterocycles. The quantitative estimate of drug-likeness (QED) is 0.368. The molecule has 0 radical (unpaired) electrons. The molecule has 1 amide bonds. The summed E-state index contributed by atoms with van der Waals surface area (Å²) < 4.78 is 10.7. The number of rotatable bonds is 5. The maximum atomic E-state index is 12.7. The Morgan fingerprint density at radius 3 is 2.84 bits per heavy atom. The van der Waals surface area contributed by atoms with Crippen molar-refractivity contribution in [2.75, 3.05) is 17.7 Å². The van der Waals surface area contributed by atoms with E-state index in [-0.39, 0.29) is 36.8 Å². The zero-order valence-electron chi connectivity index (χ0n) is 17.1. The van der Waals surface area contributed by atoms with Gasteiger partial charge in [-0.15, -0.1) is 11.8 Å². The Morgan fingerprint density at radius 1 is 1.26 bits per heavy atom. The third kappa shape index (κ3) is 4.16. The summed E-state index contributed by atoms with van der Waals surface area (Å²) in [5.74, 6) is -1.19. The number of thioether (sulfide) groups is 1. The molecule has 1 aliphatic heterocycles. The van der Waals surface area contributed by atoms with E-state index in [1.54, 1.807) is 29.7 Å². The number of aryl methyl sites for hydroxylation is 1. The van der Waals surface area contributed by atoms with Crippen molar-refractivity contribution >= 4 is 40.3 Å². The van der Waals surface area contributed by atoms with Crippen molar-refractivity contribution < 1.29 is 23.8 Å². The molecule has 1 N–H and O–H groups in total. The van der Waals surface area contributed by atoms with E-state index < -0.39 is 17.5 Å². The lowest BCUT2D eigenvalue weighted by Gasteiger charge is -2.17. The number of amides is 1. The molecule has 1 aliphatic rings. The third-order valence-electron chi connectivity index (χ3n) is 5.41. The Kier molecular flexibility index (Phi) is 5.73. The molecule has 0 bridgehead atoms. The lowest BCUT2D eigenvalue weighted by Crippen LogP contribution is -2.26. The van der Waals surface area contributed by atoms with Crippen molar-refractivity contribution in [1.82, 2.24) is 0 Å². The van der Waals surface area contributed by atoms with E-state index in [4.69, 9.17) is 9.15 Å². The molecule has 1 saturated heterocycles. The summed E-state index contributed by atoms with van der Waals surface area (Å²) in [6.45, 7) is 1.76. The predicted molar refractivity (Wildman–Crippen MR) is 117 cm³/mol. The van der Waals surface area contributed by atoms with Crippen LogP contribution in [0.3, 0.4) is 0 Å². The van der Waals surface area contributed by atoms with Gasteiger partial charge in [0, 0.05) is 46.1 Å². The van der Waals surface area contributed by atoms with Gasteiger partial charge >= 0.3 is 11.6 Å². The monoisotopic (exact) mass is 439 g/mol. The second-order valence-electron chi connectivity index (χ2n) is 7.39. The maximum Gasteiger partial charge on any atom is 0.336 e. The molecular formula is C23H21NO6S. The van der Waals surface area contributed by atoms with Crippen LogP contribution < -0.4 is 10.5 Å². The normalized spacial score (nSPS) is 16.1. The summed E-state index contributed by atoms with van der Waals surface area (Å²) in [6, 6.07) is 12.0. The zero-order chi connectivity index (χ0) is 22.1. The van der Waals surface area contributed by atoms with Crippen LogP contribution in [0.2, 0.25) is 0 Å². The Balaban J connectivity index is 1.49. The van der Waals surface area contributed by atoms with Crippen molar-refractivity contribution in [2.45, 2.75) is 24.8 Å². The van der Waals surface area contributed by atoms with Crippen molar-refractivity contribution in [1.29, 1.82) is 0 Å². The van der Waals surface area contributed by atoms with Crippen LogP contribution in [0, 0.1) is 12.8 Å². The first-order valence-corrected chi connectivity index (χ1v) is 11.0. The first kappa shape index (κ1) is 21.0. The van der Waals surface area contributed by atoms with Crippen molar-refractivity contribution in [3.63, 3.8) is 0 Å². The van der Waals surface area contributed by atoms with E-state index in [2.05, 4.69) is 0 Å². The van der Waals surface area contributed by atoms with E-state index in [1.165, 1.54) is 12.1 Å². The van der Waals surface area contributed by atoms with Crippen molar-refractivity contribution in [3.8, 4) is 5.75 Å². The van der Waals surface area contributed by atoms with E-state index >= 15 is 0 Å². The van der Waals surface area contributed by atoms with E-state index in [9.17, 15) is 19.5 Å². The van der Waals surface area contributed by atoms with Crippen LogP contribution in [-0.4, -0.2) is 29.8 Å².